The van der Waals surface area contributed by atoms with Gasteiger partial charge in [-0.1, -0.05) is 50.1 Å². The van der Waals surface area contributed by atoms with Gasteiger partial charge in [0.1, 0.15) is 17.7 Å². The summed E-state index contributed by atoms with van der Waals surface area (Å²) in [6, 6.07) is 16.2. The maximum atomic E-state index is 14.1. The number of benzene rings is 3. The van der Waals surface area contributed by atoms with Crippen LogP contribution in [-0.2, 0) is 17.9 Å². The molecule has 1 amide bonds. The first kappa shape index (κ1) is 32.7. The number of halogens is 2. The molecule has 8 heteroatoms. The summed E-state index contributed by atoms with van der Waals surface area (Å²) in [6.45, 7) is 6.02. The first-order valence-electron chi connectivity index (χ1n) is 15.0. The van der Waals surface area contributed by atoms with E-state index >= 15 is 0 Å². The second kappa shape index (κ2) is 15.5. The first-order valence-corrected chi connectivity index (χ1v) is 16.4. The van der Waals surface area contributed by atoms with Gasteiger partial charge >= 0.3 is 5.97 Å². The first-order chi connectivity index (χ1) is 20.6. The van der Waals surface area contributed by atoms with Gasteiger partial charge in [-0.25, -0.2) is 13.6 Å². The Morgan fingerprint density at radius 3 is 2.28 bits per heavy atom. The van der Waals surface area contributed by atoms with E-state index in [0.717, 1.165) is 53.6 Å². The summed E-state index contributed by atoms with van der Waals surface area (Å²) < 4.78 is 28.2. The van der Waals surface area contributed by atoms with Gasteiger partial charge < -0.3 is 10.4 Å². The van der Waals surface area contributed by atoms with E-state index in [4.69, 9.17) is 0 Å². The zero-order valence-corrected chi connectivity index (χ0v) is 26.1. The number of carboxylic acid groups (broad SMARTS) is 1. The quantitative estimate of drug-likeness (QED) is 0.208. The second-order valence-corrected chi connectivity index (χ2v) is 12.9. The number of carboxylic acids is 1. The van der Waals surface area contributed by atoms with Crippen molar-refractivity contribution in [2.24, 2.45) is 11.8 Å². The fourth-order valence-corrected chi connectivity index (χ4v) is 6.47. The summed E-state index contributed by atoms with van der Waals surface area (Å²) in [5.41, 5.74) is 4.58. The minimum atomic E-state index is -1.06. The maximum Gasteiger partial charge on any atom is 0.326 e. The fraction of sp³-hybridized carbons (Fsp3) is 0.429. The zero-order valence-electron chi connectivity index (χ0n) is 25.2. The SMILES string of the molecule is CSCC[C@H](NC(=O)c1ccc(CN(Cc2cc(F)cc(F)c2)CC2CCC(C)CC2)cc1-c1ccccc1C)C(=O)O. The van der Waals surface area contributed by atoms with E-state index in [1.807, 2.05) is 49.6 Å². The zero-order chi connectivity index (χ0) is 30.9. The van der Waals surface area contributed by atoms with Crippen LogP contribution in [0.1, 0.15) is 66.1 Å². The van der Waals surface area contributed by atoms with Gasteiger partial charge in [-0.2, -0.15) is 11.8 Å². The van der Waals surface area contributed by atoms with Crippen molar-refractivity contribution in [2.45, 2.75) is 65.1 Å². The molecule has 1 fully saturated rings. The van der Waals surface area contributed by atoms with Gasteiger partial charge in [-0.15, -0.1) is 0 Å². The third kappa shape index (κ3) is 9.38. The largest absolute Gasteiger partial charge is 0.480 e. The summed E-state index contributed by atoms with van der Waals surface area (Å²) in [7, 11) is 0. The summed E-state index contributed by atoms with van der Waals surface area (Å²) in [5, 5.41) is 12.4. The summed E-state index contributed by atoms with van der Waals surface area (Å²) >= 11 is 1.53. The highest BCUT2D eigenvalue weighted by Crippen LogP contribution is 2.32. The van der Waals surface area contributed by atoms with Crippen LogP contribution in [0.3, 0.4) is 0 Å². The average molecular weight is 609 g/mol. The molecular formula is C35H42F2N2O3S. The van der Waals surface area contributed by atoms with Crippen molar-refractivity contribution in [1.29, 1.82) is 0 Å². The van der Waals surface area contributed by atoms with Crippen LogP contribution in [0.4, 0.5) is 8.78 Å². The van der Waals surface area contributed by atoms with E-state index in [9.17, 15) is 23.5 Å². The molecule has 3 aromatic rings. The third-order valence-electron chi connectivity index (χ3n) is 8.36. The van der Waals surface area contributed by atoms with Crippen LogP contribution in [0.2, 0.25) is 0 Å². The molecule has 3 aromatic carbocycles. The number of nitrogens with one attached hydrogen (secondary N) is 1. The lowest BCUT2D eigenvalue weighted by molar-refractivity contribution is -0.139. The highest BCUT2D eigenvalue weighted by atomic mass is 32.2. The van der Waals surface area contributed by atoms with Crippen LogP contribution in [0.15, 0.2) is 60.7 Å². The van der Waals surface area contributed by atoms with Crippen molar-refractivity contribution in [3.05, 3.63) is 94.6 Å². The topological polar surface area (TPSA) is 69.6 Å². The van der Waals surface area contributed by atoms with E-state index in [0.29, 0.717) is 42.3 Å². The van der Waals surface area contributed by atoms with Crippen LogP contribution in [-0.4, -0.2) is 46.5 Å². The van der Waals surface area contributed by atoms with Crippen molar-refractivity contribution in [2.75, 3.05) is 18.6 Å². The van der Waals surface area contributed by atoms with Gasteiger partial charge in [0.2, 0.25) is 0 Å². The molecule has 1 aliphatic rings. The normalized spacial score (nSPS) is 17.5. The number of rotatable bonds is 13. The molecule has 2 N–H and O–H groups in total. The monoisotopic (exact) mass is 608 g/mol. The average Bonchev–Trinajstić information content (AvgIpc) is 2.96. The molecule has 0 saturated heterocycles. The molecule has 5 nitrogen and oxygen atoms in total. The van der Waals surface area contributed by atoms with Crippen molar-refractivity contribution in [3.8, 4) is 11.1 Å². The fourth-order valence-electron chi connectivity index (χ4n) is 6.00. The highest BCUT2D eigenvalue weighted by Gasteiger charge is 2.24. The number of hydrogen-bond donors (Lipinski definition) is 2. The number of nitrogens with zero attached hydrogens (tertiary/aromatic N) is 1. The predicted molar refractivity (Wildman–Crippen MR) is 170 cm³/mol. The second-order valence-electron chi connectivity index (χ2n) is 11.9. The predicted octanol–water partition coefficient (Wildman–Crippen LogP) is 7.70. The molecule has 0 spiro atoms. The van der Waals surface area contributed by atoms with Crippen molar-refractivity contribution < 1.29 is 23.5 Å². The molecule has 0 unspecified atom stereocenters. The molecule has 1 aliphatic carbocycles. The number of hydrogen-bond acceptors (Lipinski definition) is 4. The lowest BCUT2D eigenvalue weighted by atomic mass is 9.82. The lowest BCUT2D eigenvalue weighted by Crippen LogP contribution is -2.41. The number of thioether (sulfide) groups is 1. The third-order valence-corrected chi connectivity index (χ3v) is 9.01. The van der Waals surface area contributed by atoms with Crippen LogP contribution < -0.4 is 5.32 Å². The Hall–Kier alpha value is -3.23. The molecule has 1 saturated carbocycles. The standard InChI is InChI=1S/C35H42F2N2O3S/c1-23-8-10-25(11-9-23)20-39(22-27-16-28(36)19-29(37)17-27)21-26-12-13-31(32(18-26)30-7-5-4-6-24(30)2)34(40)38-33(35(41)42)14-15-43-3/h4-7,12-13,16-19,23,25,33H,8-11,14-15,20-22H2,1-3H3,(H,38,40)(H,41,42)/t23?,25?,33-/m0/s1. The molecule has 0 radical (unpaired) electrons. The Morgan fingerprint density at radius 1 is 0.953 bits per heavy atom. The van der Waals surface area contributed by atoms with E-state index in [1.54, 1.807) is 6.07 Å². The summed E-state index contributed by atoms with van der Waals surface area (Å²) in [4.78, 5) is 27.6. The van der Waals surface area contributed by atoms with Crippen molar-refractivity contribution >= 4 is 23.6 Å². The van der Waals surface area contributed by atoms with Gasteiger partial charge in [0.05, 0.1) is 0 Å². The smallest absolute Gasteiger partial charge is 0.326 e. The molecule has 1 atom stereocenters. The van der Waals surface area contributed by atoms with Gasteiger partial charge in [-0.3, -0.25) is 9.69 Å². The molecule has 230 valence electrons. The van der Waals surface area contributed by atoms with Crippen LogP contribution in [0.25, 0.3) is 11.1 Å². The van der Waals surface area contributed by atoms with Crippen molar-refractivity contribution in [3.63, 3.8) is 0 Å². The number of carbonyl (C=O) groups excluding carboxylic acids is 1. The molecule has 0 aromatic heterocycles. The highest BCUT2D eigenvalue weighted by molar-refractivity contribution is 7.98. The number of amides is 1. The van der Waals surface area contributed by atoms with E-state index in [-0.39, 0.29) is 0 Å². The number of aryl methyl sites for hydroxylation is 1. The summed E-state index contributed by atoms with van der Waals surface area (Å²) in [5.74, 6) is -0.818. The number of carbonyl (C=O) groups is 2. The minimum Gasteiger partial charge on any atom is -0.480 e. The van der Waals surface area contributed by atoms with E-state index in [2.05, 4.69) is 17.1 Å². The Morgan fingerprint density at radius 2 is 1.63 bits per heavy atom. The Kier molecular flexibility index (Phi) is 11.8. The Balaban J connectivity index is 1.66. The molecular weight excluding hydrogens is 566 g/mol. The minimum absolute atomic E-state index is 0.329. The molecule has 0 aliphatic heterocycles. The van der Waals surface area contributed by atoms with Crippen molar-refractivity contribution in [1.82, 2.24) is 10.2 Å². The van der Waals surface area contributed by atoms with Gasteiger partial charge in [-0.05, 0) is 102 Å². The van der Waals surface area contributed by atoms with Crippen LogP contribution in [0, 0.1) is 30.4 Å². The summed E-state index contributed by atoms with van der Waals surface area (Å²) in [6.07, 6.45) is 6.85. The Bertz CT molecular complexity index is 1390. The molecule has 0 bridgehead atoms. The lowest BCUT2D eigenvalue weighted by Gasteiger charge is -2.32. The van der Waals surface area contributed by atoms with Gasteiger partial charge in [0, 0.05) is 31.3 Å². The molecule has 43 heavy (non-hydrogen) atoms. The van der Waals surface area contributed by atoms with E-state index in [1.165, 1.54) is 36.7 Å². The Labute approximate surface area is 258 Å². The van der Waals surface area contributed by atoms with Crippen LogP contribution >= 0.6 is 11.8 Å². The van der Waals surface area contributed by atoms with Crippen LogP contribution in [0.5, 0.6) is 0 Å². The molecule has 4 rings (SSSR count). The van der Waals surface area contributed by atoms with E-state index < -0.39 is 29.6 Å². The van der Waals surface area contributed by atoms with Gasteiger partial charge in [0.15, 0.2) is 0 Å². The van der Waals surface area contributed by atoms with Gasteiger partial charge in [0.25, 0.3) is 5.91 Å². The molecule has 0 heterocycles. The maximum absolute atomic E-state index is 14.1. The number of aliphatic carboxylic acids is 1.